The highest BCUT2D eigenvalue weighted by Gasteiger charge is 2.25. The van der Waals surface area contributed by atoms with Crippen molar-refractivity contribution in [2.45, 2.75) is 64.5 Å². The Balaban J connectivity index is 1.46. The van der Waals surface area contributed by atoms with Crippen molar-refractivity contribution < 1.29 is 0 Å². The van der Waals surface area contributed by atoms with Crippen LogP contribution in [0.2, 0.25) is 5.15 Å². The number of pyridine rings is 1. The number of nitrogens with zero attached hydrogens (tertiary/aromatic N) is 6. The van der Waals surface area contributed by atoms with E-state index in [0.717, 1.165) is 66.5 Å². The fourth-order valence-electron chi connectivity index (χ4n) is 4.95. The number of halogens is 1. The molecule has 0 saturated heterocycles. The Hall–Kier alpha value is -3.26. The molecule has 9 heteroatoms. The van der Waals surface area contributed by atoms with E-state index >= 15 is 0 Å². The van der Waals surface area contributed by atoms with Gasteiger partial charge in [0.1, 0.15) is 5.15 Å². The van der Waals surface area contributed by atoms with Crippen molar-refractivity contribution in [3.63, 3.8) is 0 Å². The third-order valence-electron chi connectivity index (χ3n) is 6.67. The van der Waals surface area contributed by atoms with Crippen LogP contribution in [0.5, 0.6) is 0 Å². The first-order valence-corrected chi connectivity index (χ1v) is 12.3. The lowest BCUT2D eigenvalue weighted by Gasteiger charge is -2.22. The van der Waals surface area contributed by atoms with E-state index in [9.17, 15) is 4.79 Å². The number of aromatic nitrogens is 7. The van der Waals surface area contributed by atoms with E-state index in [2.05, 4.69) is 56.8 Å². The van der Waals surface area contributed by atoms with Crippen LogP contribution in [-0.4, -0.2) is 34.7 Å². The second-order valence-corrected chi connectivity index (χ2v) is 9.24. The molecular formula is C25H28ClN7O. The zero-order chi connectivity index (χ0) is 23.5. The van der Waals surface area contributed by atoms with Gasteiger partial charge in [-0.05, 0) is 52.4 Å². The van der Waals surface area contributed by atoms with Crippen LogP contribution in [0.25, 0.3) is 22.5 Å². The standard InChI is InChI=1S/C25H28ClN7O/c1-2-6-22-23(26)33(19-7-4-3-5-8-19)25(34)32(22)16-17-9-11-18(12-10-17)20-13-14-27-15-21(20)24-28-30-31-29-24/h9-15,19H,2-8,16H2,1H3,(H,28,29,30,31). The molecular weight excluding hydrogens is 450 g/mol. The van der Waals surface area contributed by atoms with Gasteiger partial charge in [0.2, 0.25) is 0 Å². The number of benzene rings is 1. The lowest BCUT2D eigenvalue weighted by atomic mass is 9.95. The Bertz CT molecular complexity index is 1300. The molecule has 4 aromatic rings. The fraction of sp³-hybridized carbons (Fsp3) is 0.400. The van der Waals surface area contributed by atoms with E-state index in [4.69, 9.17) is 11.6 Å². The van der Waals surface area contributed by atoms with Gasteiger partial charge >= 0.3 is 5.69 Å². The zero-order valence-electron chi connectivity index (χ0n) is 19.2. The predicted molar refractivity (Wildman–Crippen MR) is 132 cm³/mol. The maximum atomic E-state index is 13.5. The summed E-state index contributed by atoms with van der Waals surface area (Å²) in [5.74, 6) is 0.571. The highest BCUT2D eigenvalue weighted by Crippen LogP contribution is 2.32. The Morgan fingerprint density at radius 2 is 1.88 bits per heavy atom. The first-order valence-electron chi connectivity index (χ1n) is 11.9. The van der Waals surface area contributed by atoms with Gasteiger partial charge in [0.05, 0.1) is 12.2 Å². The van der Waals surface area contributed by atoms with Crippen molar-refractivity contribution >= 4 is 11.6 Å². The highest BCUT2D eigenvalue weighted by molar-refractivity contribution is 6.30. The molecule has 0 unspecified atom stereocenters. The molecule has 1 aromatic carbocycles. The van der Waals surface area contributed by atoms with Crippen molar-refractivity contribution in [3.05, 3.63) is 69.6 Å². The molecule has 5 rings (SSSR count). The summed E-state index contributed by atoms with van der Waals surface area (Å²) in [6, 6.07) is 10.4. The summed E-state index contributed by atoms with van der Waals surface area (Å²) in [6.07, 6.45) is 10.8. The topological polar surface area (TPSA) is 94.3 Å². The molecule has 0 spiro atoms. The molecule has 1 N–H and O–H groups in total. The Labute approximate surface area is 203 Å². The molecule has 1 aliphatic rings. The highest BCUT2D eigenvalue weighted by atomic mass is 35.5. The fourth-order valence-corrected chi connectivity index (χ4v) is 5.36. The van der Waals surface area contributed by atoms with Gasteiger partial charge in [-0.1, -0.05) is 68.5 Å². The van der Waals surface area contributed by atoms with Crippen LogP contribution >= 0.6 is 11.6 Å². The lowest BCUT2D eigenvalue weighted by Crippen LogP contribution is -2.29. The van der Waals surface area contributed by atoms with Crippen LogP contribution in [0, 0.1) is 0 Å². The molecule has 3 aromatic heterocycles. The molecule has 1 saturated carbocycles. The van der Waals surface area contributed by atoms with Crippen molar-refractivity contribution in [2.75, 3.05) is 0 Å². The SMILES string of the molecule is CCCc1c(Cl)n(C2CCCCC2)c(=O)n1Cc1ccc(-c2ccncc2-c2nnn[nH]2)cc1. The molecule has 176 valence electrons. The van der Waals surface area contributed by atoms with Gasteiger partial charge in [-0.3, -0.25) is 14.1 Å². The minimum absolute atomic E-state index is 0.0127. The second-order valence-electron chi connectivity index (χ2n) is 8.89. The molecule has 3 heterocycles. The number of nitrogens with one attached hydrogen (secondary N) is 1. The average Bonchev–Trinajstić information content (AvgIpc) is 3.49. The summed E-state index contributed by atoms with van der Waals surface area (Å²) in [5.41, 5.74) is 4.85. The van der Waals surface area contributed by atoms with Gasteiger partial charge in [0.15, 0.2) is 5.82 Å². The second kappa shape index (κ2) is 9.93. The van der Waals surface area contributed by atoms with Crippen LogP contribution in [0.15, 0.2) is 47.5 Å². The quantitative estimate of drug-likeness (QED) is 0.402. The minimum Gasteiger partial charge on any atom is -0.290 e. The Kier molecular flexibility index (Phi) is 6.58. The van der Waals surface area contributed by atoms with E-state index in [1.165, 1.54) is 6.42 Å². The molecule has 1 fully saturated rings. The molecule has 0 aliphatic heterocycles. The molecule has 0 amide bonds. The maximum Gasteiger partial charge on any atom is 0.330 e. The first-order chi connectivity index (χ1) is 16.7. The molecule has 1 aliphatic carbocycles. The maximum absolute atomic E-state index is 13.5. The van der Waals surface area contributed by atoms with Crippen molar-refractivity contribution in [1.82, 2.24) is 34.7 Å². The predicted octanol–water partition coefficient (Wildman–Crippen LogP) is 5.05. The largest absolute Gasteiger partial charge is 0.330 e. The summed E-state index contributed by atoms with van der Waals surface area (Å²) in [7, 11) is 0. The lowest BCUT2D eigenvalue weighted by molar-refractivity contribution is 0.344. The van der Waals surface area contributed by atoms with Crippen LogP contribution < -0.4 is 5.69 Å². The van der Waals surface area contributed by atoms with Crippen LogP contribution in [0.1, 0.15) is 62.7 Å². The number of imidazole rings is 1. The van der Waals surface area contributed by atoms with Crippen LogP contribution in [-0.2, 0) is 13.0 Å². The number of aromatic amines is 1. The van der Waals surface area contributed by atoms with E-state index in [1.54, 1.807) is 12.4 Å². The molecule has 0 radical (unpaired) electrons. The van der Waals surface area contributed by atoms with Gasteiger partial charge < -0.3 is 0 Å². The summed E-state index contributed by atoms with van der Waals surface area (Å²) < 4.78 is 3.72. The van der Waals surface area contributed by atoms with Crippen molar-refractivity contribution in [3.8, 4) is 22.5 Å². The van der Waals surface area contributed by atoms with Gasteiger partial charge in [0.25, 0.3) is 0 Å². The Morgan fingerprint density at radius 1 is 1.09 bits per heavy atom. The van der Waals surface area contributed by atoms with Gasteiger partial charge in [-0.15, -0.1) is 5.10 Å². The monoisotopic (exact) mass is 477 g/mol. The van der Waals surface area contributed by atoms with Gasteiger partial charge in [-0.25, -0.2) is 9.89 Å². The van der Waals surface area contributed by atoms with Crippen molar-refractivity contribution in [1.29, 1.82) is 0 Å². The summed E-state index contributed by atoms with van der Waals surface area (Å²) >= 11 is 6.80. The molecule has 0 atom stereocenters. The van der Waals surface area contributed by atoms with Crippen molar-refractivity contribution in [2.24, 2.45) is 0 Å². The third-order valence-corrected chi connectivity index (χ3v) is 7.07. The van der Waals surface area contributed by atoms with E-state index in [-0.39, 0.29) is 11.7 Å². The number of tetrazole rings is 1. The van der Waals surface area contributed by atoms with Crippen LogP contribution in [0.4, 0.5) is 0 Å². The normalized spacial score (nSPS) is 14.5. The number of rotatable bonds is 7. The number of hydrogen-bond acceptors (Lipinski definition) is 5. The molecule has 34 heavy (non-hydrogen) atoms. The van der Waals surface area contributed by atoms with E-state index in [1.807, 2.05) is 15.2 Å². The zero-order valence-corrected chi connectivity index (χ0v) is 20.0. The summed E-state index contributed by atoms with van der Waals surface area (Å²) in [6.45, 7) is 2.62. The molecule has 0 bridgehead atoms. The molecule has 8 nitrogen and oxygen atoms in total. The smallest absolute Gasteiger partial charge is 0.290 e. The first kappa shape index (κ1) is 22.5. The summed E-state index contributed by atoms with van der Waals surface area (Å²) in [5, 5.41) is 14.8. The number of hydrogen-bond donors (Lipinski definition) is 1. The summed E-state index contributed by atoms with van der Waals surface area (Å²) in [4.78, 5) is 17.7. The minimum atomic E-state index is 0.0127. The average molecular weight is 478 g/mol. The Morgan fingerprint density at radius 3 is 2.59 bits per heavy atom. The van der Waals surface area contributed by atoms with Gasteiger partial charge in [-0.2, -0.15) is 0 Å². The third kappa shape index (κ3) is 4.30. The number of H-pyrrole nitrogens is 1. The van der Waals surface area contributed by atoms with Gasteiger partial charge in [0, 0.05) is 24.0 Å². The van der Waals surface area contributed by atoms with Crippen LogP contribution in [0.3, 0.4) is 0 Å². The van der Waals surface area contributed by atoms with E-state index in [0.29, 0.717) is 17.5 Å². The van der Waals surface area contributed by atoms with E-state index < -0.39 is 0 Å².